The molecule has 0 aliphatic heterocycles. The zero-order valence-electron chi connectivity index (χ0n) is 15.5. The van der Waals surface area contributed by atoms with Crippen LogP contribution in [0.25, 0.3) is 10.9 Å². The van der Waals surface area contributed by atoms with Gasteiger partial charge in [-0.1, -0.05) is 60.2 Å². The maximum atomic E-state index is 12.9. The number of nitrogens with zero attached hydrogens (tertiary/aromatic N) is 1. The molecule has 0 amide bonds. The highest BCUT2D eigenvalue weighted by atomic mass is 16.5. The fraction of sp³-hybridized carbons (Fsp3) is 0.125. The molecule has 0 aliphatic carbocycles. The summed E-state index contributed by atoms with van der Waals surface area (Å²) in [6.07, 6.45) is 0. The third-order valence-electron chi connectivity index (χ3n) is 4.81. The second-order valence-corrected chi connectivity index (χ2v) is 6.78. The highest BCUT2D eigenvalue weighted by molar-refractivity contribution is 6.10. The van der Waals surface area contributed by atoms with Crippen LogP contribution >= 0.6 is 0 Å². The van der Waals surface area contributed by atoms with Gasteiger partial charge in [0.05, 0.1) is 5.69 Å². The first-order valence-corrected chi connectivity index (χ1v) is 8.99. The largest absolute Gasteiger partial charge is 0.489 e. The van der Waals surface area contributed by atoms with E-state index in [2.05, 4.69) is 0 Å². The third-order valence-corrected chi connectivity index (χ3v) is 4.81. The third kappa shape index (κ3) is 3.49. The molecular weight excluding hydrogens is 334 g/mol. The molecule has 0 saturated heterocycles. The van der Waals surface area contributed by atoms with Crippen molar-refractivity contribution in [3.8, 4) is 5.75 Å². The van der Waals surface area contributed by atoms with Crippen molar-refractivity contribution >= 4 is 16.7 Å². The number of fused-ring (bicyclic) bond motifs is 1. The minimum absolute atomic E-state index is 0.0282. The van der Waals surface area contributed by atoms with E-state index in [0.717, 1.165) is 27.8 Å². The van der Waals surface area contributed by atoms with Gasteiger partial charge in [-0.05, 0) is 36.8 Å². The summed E-state index contributed by atoms with van der Waals surface area (Å²) in [7, 11) is 1.92. The van der Waals surface area contributed by atoms with Crippen LogP contribution in [0.2, 0.25) is 0 Å². The van der Waals surface area contributed by atoms with Crippen LogP contribution in [0.15, 0.2) is 78.9 Å². The molecule has 0 saturated carbocycles. The van der Waals surface area contributed by atoms with Gasteiger partial charge < -0.3 is 9.30 Å². The standard InChI is InChI=1S/C24H21NO2/c1-17-8-10-19(11-9-17)24(26)23-15-20-14-21(12-13-22(20)25(23)2)27-16-18-6-4-3-5-7-18/h3-15H,16H2,1-2H3. The molecule has 3 heteroatoms. The number of aromatic nitrogens is 1. The molecule has 0 N–H and O–H groups in total. The van der Waals surface area contributed by atoms with Gasteiger partial charge in [0.15, 0.2) is 0 Å². The van der Waals surface area contributed by atoms with Gasteiger partial charge in [0.25, 0.3) is 0 Å². The van der Waals surface area contributed by atoms with E-state index in [-0.39, 0.29) is 5.78 Å². The molecule has 1 heterocycles. The topological polar surface area (TPSA) is 31.2 Å². The van der Waals surface area contributed by atoms with Crippen molar-refractivity contribution in [1.29, 1.82) is 0 Å². The van der Waals surface area contributed by atoms with Crippen molar-refractivity contribution < 1.29 is 9.53 Å². The maximum Gasteiger partial charge on any atom is 0.209 e. The summed E-state index contributed by atoms with van der Waals surface area (Å²) in [6.45, 7) is 2.54. The van der Waals surface area contributed by atoms with Crippen molar-refractivity contribution in [3.05, 3.63) is 101 Å². The molecule has 0 aliphatic rings. The molecule has 3 nitrogen and oxygen atoms in total. The van der Waals surface area contributed by atoms with Crippen LogP contribution in [0.5, 0.6) is 5.75 Å². The average Bonchev–Trinajstić information content (AvgIpc) is 3.03. The highest BCUT2D eigenvalue weighted by Crippen LogP contribution is 2.26. The van der Waals surface area contributed by atoms with Gasteiger partial charge in [0.1, 0.15) is 12.4 Å². The Morgan fingerprint density at radius 3 is 2.41 bits per heavy atom. The Kier molecular flexibility index (Phi) is 4.51. The number of benzene rings is 3. The molecule has 0 radical (unpaired) electrons. The molecule has 4 aromatic rings. The van der Waals surface area contributed by atoms with E-state index in [9.17, 15) is 4.79 Å². The molecule has 27 heavy (non-hydrogen) atoms. The Balaban J connectivity index is 1.61. The molecule has 1 aromatic heterocycles. The lowest BCUT2D eigenvalue weighted by atomic mass is 10.1. The first-order valence-electron chi connectivity index (χ1n) is 8.99. The number of carbonyl (C=O) groups excluding carboxylic acids is 1. The Morgan fingerprint density at radius 1 is 0.926 bits per heavy atom. The molecule has 0 spiro atoms. The van der Waals surface area contributed by atoms with Crippen LogP contribution in [0, 0.1) is 6.92 Å². The van der Waals surface area contributed by atoms with E-state index < -0.39 is 0 Å². The molecular formula is C24H21NO2. The van der Waals surface area contributed by atoms with Crippen molar-refractivity contribution in [1.82, 2.24) is 4.57 Å². The Labute approximate surface area is 158 Å². The number of ether oxygens (including phenoxy) is 1. The maximum absolute atomic E-state index is 12.9. The lowest BCUT2D eigenvalue weighted by Gasteiger charge is -2.07. The number of ketones is 1. The first kappa shape index (κ1) is 17.1. The molecule has 0 fully saturated rings. The van der Waals surface area contributed by atoms with E-state index in [4.69, 9.17) is 4.74 Å². The number of carbonyl (C=O) groups is 1. The smallest absolute Gasteiger partial charge is 0.209 e. The molecule has 0 bridgehead atoms. The van der Waals surface area contributed by atoms with Gasteiger partial charge in [0.2, 0.25) is 5.78 Å². The van der Waals surface area contributed by atoms with Crippen LogP contribution in [0.4, 0.5) is 0 Å². The highest BCUT2D eigenvalue weighted by Gasteiger charge is 2.15. The Bertz CT molecular complexity index is 1090. The summed E-state index contributed by atoms with van der Waals surface area (Å²) in [5.41, 5.74) is 4.66. The van der Waals surface area contributed by atoms with Gasteiger partial charge in [-0.2, -0.15) is 0 Å². The molecule has 4 rings (SSSR count). The van der Waals surface area contributed by atoms with Crippen LogP contribution in [0.3, 0.4) is 0 Å². The quantitative estimate of drug-likeness (QED) is 0.455. The number of aryl methyl sites for hydroxylation is 2. The van der Waals surface area contributed by atoms with Gasteiger partial charge >= 0.3 is 0 Å². The Morgan fingerprint density at radius 2 is 1.67 bits per heavy atom. The molecule has 0 atom stereocenters. The monoisotopic (exact) mass is 355 g/mol. The average molecular weight is 355 g/mol. The predicted octanol–water partition coefficient (Wildman–Crippen LogP) is 5.30. The van der Waals surface area contributed by atoms with Crippen LogP contribution in [-0.4, -0.2) is 10.4 Å². The van der Waals surface area contributed by atoms with E-state index in [1.807, 2.05) is 97.4 Å². The predicted molar refractivity (Wildman–Crippen MR) is 108 cm³/mol. The van der Waals surface area contributed by atoms with E-state index in [1.54, 1.807) is 0 Å². The zero-order valence-corrected chi connectivity index (χ0v) is 15.5. The van der Waals surface area contributed by atoms with Crippen LogP contribution in [-0.2, 0) is 13.7 Å². The van der Waals surface area contributed by atoms with Crippen LogP contribution in [0.1, 0.15) is 27.2 Å². The normalized spacial score (nSPS) is 10.9. The van der Waals surface area contributed by atoms with E-state index >= 15 is 0 Å². The van der Waals surface area contributed by atoms with Crippen LogP contribution < -0.4 is 4.74 Å². The zero-order chi connectivity index (χ0) is 18.8. The Hall–Kier alpha value is -3.33. The van der Waals surface area contributed by atoms with Gasteiger partial charge in [0, 0.05) is 23.5 Å². The summed E-state index contributed by atoms with van der Waals surface area (Å²) in [5, 5.41) is 0.999. The van der Waals surface area contributed by atoms with Gasteiger partial charge in [-0.15, -0.1) is 0 Å². The molecule has 3 aromatic carbocycles. The van der Waals surface area contributed by atoms with Crippen molar-refractivity contribution in [2.24, 2.45) is 7.05 Å². The van der Waals surface area contributed by atoms with E-state index in [0.29, 0.717) is 17.9 Å². The van der Waals surface area contributed by atoms with E-state index in [1.165, 1.54) is 0 Å². The number of hydrogen-bond acceptors (Lipinski definition) is 2. The fourth-order valence-corrected chi connectivity index (χ4v) is 3.23. The summed E-state index contributed by atoms with van der Waals surface area (Å²) >= 11 is 0. The lowest BCUT2D eigenvalue weighted by Crippen LogP contribution is -2.07. The summed E-state index contributed by atoms with van der Waals surface area (Å²) in [5.74, 6) is 0.826. The minimum Gasteiger partial charge on any atom is -0.489 e. The van der Waals surface area contributed by atoms with Crippen molar-refractivity contribution in [3.63, 3.8) is 0 Å². The number of hydrogen-bond donors (Lipinski definition) is 0. The fourth-order valence-electron chi connectivity index (χ4n) is 3.23. The van der Waals surface area contributed by atoms with Crippen molar-refractivity contribution in [2.75, 3.05) is 0 Å². The summed E-state index contributed by atoms with van der Waals surface area (Å²) < 4.78 is 7.86. The van der Waals surface area contributed by atoms with Gasteiger partial charge in [-0.3, -0.25) is 4.79 Å². The lowest BCUT2D eigenvalue weighted by molar-refractivity contribution is 0.103. The second-order valence-electron chi connectivity index (χ2n) is 6.78. The first-order chi connectivity index (χ1) is 13.1. The SMILES string of the molecule is Cc1ccc(C(=O)c2cc3cc(OCc4ccccc4)ccc3n2C)cc1. The number of rotatable bonds is 5. The van der Waals surface area contributed by atoms with Crippen molar-refractivity contribution in [2.45, 2.75) is 13.5 Å². The minimum atomic E-state index is 0.0282. The second kappa shape index (κ2) is 7.12. The molecule has 134 valence electrons. The molecule has 0 unspecified atom stereocenters. The van der Waals surface area contributed by atoms with Gasteiger partial charge in [-0.25, -0.2) is 0 Å². The summed E-state index contributed by atoms with van der Waals surface area (Å²) in [6, 6.07) is 25.6. The summed E-state index contributed by atoms with van der Waals surface area (Å²) in [4.78, 5) is 12.9.